The molecule has 0 amide bonds. The van der Waals surface area contributed by atoms with Crippen LogP contribution >= 0.6 is 10.9 Å². The number of hydrogen-bond donors (Lipinski definition) is 1. The Labute approximate surface area is 288 Å². The molecule has 1 nitrogen and oxygen atoms in total. The molecule has 0 fully saturated rings. The summed E-state index contributed by atoms with van der Waals surface area (Å²) in [4.78, 5) is 7.05. The van der Waals surface area contributed by atoms with Crippen LogP contribution in [0.3, 0.4) is 0 Å². The van der Waals surface area contributed by atoms with Gasteiger partial charge in [-0.2, -0.15) is 10.9 Å². The summed E-state index contributed by atoms with van der Waals surface area (Å²) in [6.45, 7) is 21.4. The van der Waals surface area contributed by atoms with Crippen molar-refractivity contribution >= 4 is 60.3 Å². The number of para-hydroxylation sites is 1. The first-order chi connectivity index (χ1) is 22.7. The first kappa shape index (κ1) is 29.8. The average molecular weight is 644 g/mol. The number of benzene rings is 7. The number of anilines is 3. The topological polar surface area (TPSA) is 3.24 Å². The lowest BCUT2D eigenvalue weighted by molar-refractivity contribution is 0.576. The third kappa shape index (κ3) is 3.99. The number of rotatable bonds is 1. The number of thiol groups is 1. The summed E-state index contributed by atoms with van der Waals surface area (Å²) in [5.74, 6) is 0. The molecule has 1 unspecified atom stereocenters. The van der Waals surface area contributed by atoms with E-state index in [1.807, 2.05) is 0 Å². The molecule has 1 atom stereocenters. The van der Waals surface area contributed by atoms with Gasteiger partial charge < -0.3 is 4.90 Å². The minimum Gasteiger partial charge on any atom is -0.308 e. The highest BCUT2D eigenvalue weighted by molar-refractivity contribution is 8.18. The Morgan fingerprint density at radius 3 is 1.52 bits per heavy atom. The van der Waals surface area contributed by atoms with E-state index < -0.39 is 10.9 Å². The highest BCUT2D eigenvalue weighted by Gasteiger charge is 2.38. The van der Waals surface area contributed by atoms with Gasteiger partial charge in [-0.3, -0.25) is 0 Å². The van der Waals surface area contributed by atoms with Crippen molar-refractivity contribution in [1.29, 1.82) is 0 Å². The fourth-order valence-electron chi connectivity index (χ4n) is 8.68. The zero-order valence-electron chi connectivity index (χ0n) is 29.7. The summed E-state index contributed by atoms with van der Waals surface area (Å²) in [7, 11) is -0.631. The van der Waals surface area contributed by atoms with Crippen LogP contribution < -0.4 is 4.90 Å². The lowest BCUT2D eigenvalue weighted by Crippen LogP contribution is -2.20. The van der Waals surface area contributed by atoms with Gasteiger partial charge in [-0.05, 0) is 101 Å². The zero-order chi connectivity index (χ0) is 33.5. The van der Waals surface area contributed by atoms with Crippen LogP contribution in [0.4, 0.5) is 17.1 Å². The monoisotopic (exact) mass is 643 g/mol. The molecule has 7 aromatic carbocycles. The molecule has 240 valence electrons. The van der Waals surface area contributed by atoms with Crippen LogP contribution in [0.1, 0.15) is 79.0 Å². The van der Waals surface area contributed by atoms with Gasteiger partial charge in [0.05, 0.1) is 17.1 Å². The van der Waals surface area contributed by atoms with E-state index in [0.717, 1.165) is 0 Å². The Morgan fingerprint density at radius 1 is 0.417 bits per heavy atom. The maximum absolute atomic E-state index is 2.62. The summed E-state index contributed by atoms with van der Waals surface area (Å²) >= 11 is 0. The highest BCUT2D eigenvalue weighted by atomic mass is 32.2. The van der Waals surface area contributed by atoms with Crippen LogP contribution in [0.25, 0.3) is 43.4 Å². The Morgan fingerprint density at radius 2 is 0.896 bits per heavy atom. The normalized spacial score (nSPS) is 16.5. The van der Waals surface area contributed by atoms with Crippen molar-refractivity contribution in [2.24, 2.45) is 0 Å². The van der Waals surface area contributed by atoms with Crippen molar-refractivity contribution in [3.05, 3.63) is 120 Å². The van der Waals surface area contributed by atoms with E-state index in [0.29, 0.717) is 0 Å². The third-order valence-corrected chi connectivity index (χ3v) is 13.5. The Kier molecular flexibility index (Phi) is 6.01. The second kappa shape index (κ2) is 9.67. The maximum Gasteiger partial charge on any atom is 0.0593 e. The van der Waals surface area contributed by atoms with Gasteiger partial charge in [-0.25, -0.2) is 0 Å². The van der Waals surface area contributed by atoms with Crippen molar-refractivity contribution in [2.75, 3.05) is 4.90 Å². The first-order valence-electron chi connectivity index (χ1n) is 17.5. The predicted molar refractivity (Wildman–Crippen MR) is 210 cm³/mol. The Balaban J connectivity index is 1.46. The van der Waals surface area contributed by atoms with E-state index in [2.05, 4.69) is 170 Å². The fourth-order valence-corrected chi connectivity index (χ4v) is 11.6. The first-order valence-corrected chi connectivity index (χ1v) is 18.8. The van der Waals surface area contributed by atoms with Gasteiger partial charge in [0.1, 0.15) is 0 Å². The summed E-state index contributed by atoms with van der Waals surface area (Å²) in [5.41, 5.74) is 11.0. The molecule has 0 saturated heterocycles. The minimum atomic E-state index is -0.631. The van der Waals surface area contributed by atoms with Gasteiger partial charge in [-0.15, -0.1) is 0 Å². The summed E-state index contributed by atoms with van der Waals surface area (Å²) in [6.07, 6.45) is 0. The molecule has 0 aliphatic carbocycles. The second-order valence-electron chi connectivity index (χ2n) is 17.1. The molecular weight excluding hydrogens is 599 g/mol. The maximum atomic E-state index is 2.62. The van der Waals surface area contributed by atoms with E-state index in [1.54, 1.807) is 0 Å². The molecule has 48 heavy (non-hydrogen) atoms. The molecule has 0 saturated carbocycles. The molecule has 2 heteroatoms. The van der Waals surface area contributed by atoms with Gasteiger partial charge in [-0.1, -0.05) is 135 Å². The zero-order valence-corrected chi connectivity index (χ0v) is 30.6. The van der Waals surface area contributed by atoms with Crippen LogP contribution in [0.5, 0.6) is 0 Å². The summed E-state index contributed by atoms with van der Waals surface area (Å²) < 4.78 is 0. The van der Waals surface area contributed by atoms with Gasteiger partial charge in [0, 0.05) is 20.1 Å². The largest absolute Gasteiger partial charge is 0.308 e. The van der Waals surface area contributed by atoms with Crippen molar-refractivity contribution < 1.29 is 0 Å². The molecule has 2 heterocycles. The van der Waals surface area contributed by atoms with E-state index in [9.17, 15) is 0 Å². The van der Waals surface area contributed by atoms with Crippen LogP contribution in [0.2, 0.25) is 0 Å². The molecule has 9 rings (SSSR count). The molecule has 0 N–H and O–H groups in total. The highest BCUT2D eigenvalue weighted by Crippen LogP contribution is 2.71. The minimum absolute atomic E-state index is 0.0145. The summed E-state index contributed by atoms with van der Waals surface area (Å²) in [6, 6.07) is 40.1. The molecule has 2 aliphatic rings. The molecule has 0 spiro atoms. The van der Waals surface area contributed by atoms with Crippen molar-refractivity contribution in [3.63, 3.8) is 0 Å². The van der Waals surface area contributed by atoms with E-state index in [1.165, 1.54) is 91.9 Å². The van der Waals surface area contributed by atoms with Crippen molar-refractivity contribution in [1.82, 2.24) is 0 Å². The van der Waals surface area contributed by atoms with Crippen LogP contribution in [-0.2, 0) is 16.2 Å². The third-order valence-electron chi connectivity index (χ3n) is 10.8. The van der Waals surface area contributed by atoms with Crippen molar-refractivity contribution in [3.8, 4) is 11.1 Å². The van der Waals surface area contributed by atoms with E-state index >= 15 is 0 Å². The number of fused-ring (bicyclic) bond motifs is 5. The molecule has 0 radical (unpaired) electrons. The van der Waals surface area contributed by atoms with Crippen molar-refractivity contribution in [2.45, 2.75) is 93.2 Å². The van der Waals surface area contributed by atoms with E-state index in [-0.39, 0.29) is 16.2 Å². The van der Waals surface area contributed by atoms with Gasteiger partial charge in [0.2, 0.25) is 0 Å². The smallest absolute Gasteiger partial charge is 0.0593 e. The standard InChI is InChI=1S/C46H45NS/c1-44(2,3)33-25-34(45(4,5)6)30-23-24-32-38(26-35(46(7,8)9)31-22-21-29(33)41(30)42(31)32)47-36-17-11-13-20-40(36)48-39-19-12-10-15-27(39)28-16-14-18-37(47)43(28)48/h10-26,48H,1-9H3. The predicted octanol–water partition coefficient (Wildman–Crippen LogP) is 13.7. The molecule has 2 aliphatic heterocycles. The lowest BCUT2D eigenvalue weighted by Gasteiger charge is -2.39. The molecular formula is C46H45NS. The van der Waals surface area contributed by atoms with Gasteiger partial charge in [0.15, 0.2) is 0 Å². The van der Waals surface area contributed by atoms with Crippen LogP contribution in [0, 0.1) is 0 Å². The lowest BCUT2D eigenvalue weighted by atomic mass is 9.74. The number of nitrogens with zero attached hydrogens (tertiary/aromatic N) is 1. The SMILES string of the molecule is CC(C)(C)c1cc(N2c3ccccc3[SH]3c4ccccc4-c4cccc2c43)c2ccc3c(C(C)(C)C)cc(C(C)(C)C)c4ccc1c2c34. The number of hydrogen-bond acceptors (Lipinski definition) is 1. The molecule has 7 aromatic rings. The Bertz CT molecular complexity index is 2430. The second-order valence-corrected chi connectivity index (χ2v) is 19.2. The average Bonchev–Trinajstić information content (AvgIpc) is 3.38. The van der Waals surface area contributed by atoms with Crippen LogP contribution in [-0.4, -0.2) is 0 Å². The van der Waals surface area contributed by atoms with Gasteiger partial charge in [0.25, 0.3) is 0 Å². The van der Waals surface area contributed by atoms with Crippen LogP contribution in [0.15, 0.2) is 118 Å². The Hall–Kier alpha value is -4.27. The van der Waals surface area contributed by atoms with Gasteiger partial charge >= 0.3 is 0 Å². The quantitative estimate of drug-likeness (QED) is 0.138. The summed E-state index contributed by atoms with van der Waals surface area (Å²) in [5, 5.41) is 8.32. The fraction of sp³-hybridized carbons (Fsp3) is 0.261. The molecule has 0 aromatic heterocycles. The van der Waals surface area contributed by atoms with E-state index in [4.69, 9.17) is 0 Å². The molecule has 0 bridgehead atoms.